The Morgan fingerprint density at radius 2 is 1.82 bits per heavy atom. The Kier molecular flexibility index (Phi) is 2.49. The Morgan fingerprint density at radius 3 is 2.18 bits per heavy atom. The first kappa shape index (κ1) is 8.53. The number of rotatable bonds is 1. The van der Waals surface area contributed by atoms with E-state index in [2.05, 4.69) is 0 Å². The summed E-state index contributed by atoms with van der Waals surface area (Å²) in [5, 5.41) is 8.72. The van der Waals surface area contributed by atoms with Crippen LogP contribution in [0.4, 0.5) is 0 Å². The zero-order valence-electron chi connectivity index (χ0n) is 6.91. The minimum Gasteiger partial charge on any atom is -0.481 e. The predicted octanol–water partition coefficient (Wildman–Crippen LogP) is 1.27. The highest BCUT2D eigenvalue weighted by Gasteiger charge is 2.28. The molecule has 1 aliphatic heterocycles. The molecule has 1 saturated heterocycles. The van der Waals surface area contributed by atoms with Gasteiger partial charge in [-0.15, -0.1) is 0 Å². The van der Waals surface area contributed by atoms with Crippen molar-refractivity contribution in [3.8, 4) is 0 Å². The molecule has 0 aromatic heterocycles. The third-order valence-corrected chi connectivity index (χ3v) is 2.05. The van der Waals surface area contributed by atoms with Crippen molar-refractivity contribution in [1.82, 2.24) is 0 Å². The number of ether oxygens (including phenoxy) is 1. The van der Waals surface area contributed by atoms with Crippen molar-refractivity contribution >= 4 is 5.97 Å². The third kappa shape index (κ3) is 2.19. The normalized spacial score (nSPS) is 38.5. The van der Waals surface area contributed by atoms with Gasteiger partial charge in [-0.2, -0.15) is 0 Å². The molecule has 3 atom stereocenters. The smallest absolute Gasteiger partial charge is 0.306 e. The fourth-order valence-corrected chi connectivity index (χ4v) is 1.61. The van der Waals surface area contributed by atoms with Gasteiger partial charge in [0.2, 0.25) is 0 Å². The van der Waals surface area contributed by atoms with Crippen LogP contribution in [0.25, 0.3) is 0 Å². The van der Waals surface area contributed by atoms with Crippen LogP contribution in [0.1, 0.15) is 26.7 Å². The SMILES string of the molecule is C[C@@H]1CC(C(=O)O)C[C@H](C)O1. The fourth-order valence-electron chi connectivity index (χ4n) is 1.61. The van der Waals surface area contributed by atoms with Crippen molar-refractivity contribution in [2.75, 3.05) is 0 Å². The van der Waals surface area contributed by atoms with Crippen LogP contribution >= 0.6 is 0 Å². The molecule has 0 radical (unpaired) electrons. The molecule has 0 aliphatic carbocycles. The standard InChI is InChI=1S/C8H14O3/c1-5-3-7(8(9)10)4-6(2)11-5/h5-7H,3-4H2,1-2H3,(H,9,10)/t5-,6+,7?. The molecule has 1 N–H and O–H groups in total. The van der Waals surface area contributed by atoms with E-state index in [1.807, 2.05) is 13.8 Å². The summed E-state index contributed by atoms with van der Waals surface area (Å²) in [6, 6.07) is 0. The Balaban J connectivity index is 2.49. The molecular formula is C8H14O3. The van der Waals surface area contributed by atoms with E-state index in [0.717, 1.165) is 0 Å². The molecule has 0 saturated carbocycles. The number of carbonyl (C=O) groups is 1. The topological polar surface area (TPSA) is 46.5 Å². The number of hydrogen-bond donors (Lipinski definition) is 1. The van der Waals surface area contributed by atoms with E-state index >= 15 is 0 Å². The Morgan fingerprint density at radius 1 is 1.36 bits per heavy atom. The van der Waals surface area contributed by atoms with Crippen molar-refractivity contribution in [2.24, 2.45) is 5.92 Å². The molecule has 1 fully saturated rings. The Bertz CT molecular complexity index is 145. The van der Waals surface area contributed by atoms with E-state index in [0.29, 0.717) is 12.8 Å². The highest BCUT2D eigenvalue weighted by molar-refractivity contribution is 5.70. The summed E-state index contributed by atoms with van der Waals surface area (Å²) >= 11 is 0. The van der Waals surface area contributed by atoms with Crippen LogP contribution < -0.4 is 0 Å². The van der Waals surface area contributed by atoms with E-state index in [1.165, 1.54) is 0 Å². The first-order valence-electron chi connectivity index (χ1n) is 3.98. The maximum atomic E-state index is 10.6. The second-order valence-corrected chi connectivity index (χ2v) is 3.26. The van der Waals surface area contributed by atoms with Crippen molar-refractivity contribution in [3.63, 3.8) is 0 Å². The van der Waals surface area contributed by atoms with Gasteiger partial charge in [0.05, 0.1) is 18.1 Å². The van der Waals surface area contributed by atoms with Crippen LogP contribution in [-0.4, -0.2) is 23.3 Å². The highest BCUT2D eigenvalue weighted by atomic mass is 16.5. The van der Waals surface area contributed by atoms with Gasteiger partial charge in [0.25, 0.3) is 0 Å². The summed E-state index contributed by atoms with van der Waals surface area (Å²) in [6.45, 7) is 3.84. The van der Waals surface area contributed by atoms with E-state index in [4.69, 9.17) is 9.84 Å². The van der Waals surface area contributed by atoms with Crippen molar-refractivity contribution < 1.29 is 14.6 Å². The maximum absolute atomic E-state index is 10.6. The van der Waals surface area contributed by atoms with Crippen LogP contribution in [0, 0.1) is 5.92 Å². The minimum absolute atomic E-state index is 0.0971. The van der Waals surface area contributed by atoms with E-state index in [-0.39, 0.29) is 18.1 Å². The average molecular weight is 158 g/mol. The molecule has 0 bridgehead atoms. The van der Waals surface area contributed by atoms with Gasteiger partial charge in [-0.1, -0.05) is 0 Å². The lowest BCUT2D eigenvalue weighted by molar-refractivity contribution is -0.149. The average Bonchev–Trinajstić information content (AvgIpc) is 1.85. The van der Waals surface area contributed by atoms with Gasteiger partial charge in [-0.25, -0.2) is 0 Å². The molecular weight excluding hydrogens is 144 g/mol. The number of carboxylic acids is 1. The van der Waals surface area contributed by atoms with Crippen molar-refractivity contribution in [2.45, 2.75) is 38.9 Å². The zero-order chi connectivity index (χ0) is 8.43. The van der Waals surface area contributed by atoms with Crippen LogP contribution in [-0.2, 0) is 9.53 Å². The molecule has 1 heterocycles. The lowest BCUT2D eigenvalue weighted by Gasteiger charge is -2.29. The first-order chi connectivity index (χ1) is 5.09. The van der Waals surface area contributed by atoms with Gasteiger partial charge in [-0.05, 0) is 26.7 Å². The molecule has 0 aromatic carbocycles. The van der Waals surface area contributed by atoms with E-state index in [9.17, 15) is 4.79 Å². The quantitative estimate of drug-likeness (QED) is 0.625. The number of aliphatic carboxylic acids is 1. The summed E-state index contributed by atoms with van der Waals surface area (Å²) in [4.78, 5) is 10.6. The zero-order valence-corrected chi connectivity index (χ0v) is 6.91. The third-order valence-electron chi connectivity index (χ3n) is 2.05. The van der Waals surface area contributed by atoms with Gasteiger partial charge in [0.1, 0.15) is 0 Å². The van der Waals surface area contributed by atoms with Crippen LogP contribution in [0.15, 0.2) is 0 Å². The minimum atomic E-state index is -0.688. The first-order valence-corrected chi connectivity index (χ1v) is 3.98. The second kappa shape index (κ2) is 3.22. The van der Waals surface area contributed by atoms with Gasteiger partial charge in [0, 0.05) is 0 Å². The van der Waals surface area contributed by atoms with Crippen LogP contribution in [0.3, 0.4) is 0 Å². The van der Waals surface area contributed by atoms with Gasteiger partial charge < -0.3 is 9.84 Å². The summed E-state index contributed by atoms with van der Waals surface area (Å²) in [6.07, 6.45) is 1.50. The van der Waals surface area contributed by atoms with E-state index < -0.39 is 5.97 Å². The number of carboxylic acid groups (broad SMARTS) is 1. The monoisotopic (exact) mass is 158 g/mol. The lowest BCUT2D eigenvalue weighted by atomic mass is 9.93. The summed E-state index contributed by atoms with van der Waals surface area (Å²) in [7, 11) is 0. The molecule has 11 heavy (non-hydrogen) atoms. The molecule has 0 amide bonds. The van der Waals surface area contributed by atoms with Gasteiger partial charge >= 0.3 is 5.97 Å². The van der Waals surface area contributed by atoms with Crippen LogP contribution in [0.5, 0.6) is 0 Å². The highest BCUT2D eigenvalue weighted by Crippen LogP contribution is 2.24. The molecule has 1 aliphatic rings. The Labute approximate surface area is 66.4 Å². The van der Waals surface area contributed by atoms with Gasteiger partial charge in [-0.3, -0.25) is 4.79 Å². The molecule has 64 valence electrons. The van der Waals surface area contributed by atoms with Crippen molar-refractivity contribution in [3.05, 3.63) is 0 Å². The lowest BCUT2D eigenvalue weighted by Crippen LogP contribution is -2.33. The predicted molar refractivity (Wildman–Crippen MR) is 40.4 cm³/mol. The maximum Gasteiger partial charge on any atom is 0.306 e. The molecule has 1 rings (SSSR count). The Hall–Kier alpha value is -0.570. The fraction of sp³-hybridized carbons (Fsp3) is 0.875. The molecule has 1 unspecified atom stereocenters. The molecule has 3 heteroatoms. The molecule has 3 nitrogen and oxygen atoms in total. The van der Waals surface area contributed by atoms with E-state index in [1.54, 1.807) is 0 Å². The summed E-state index contributed by atoms with van der Waals surface area (Å²) < 4.78 is 5.40. The summed E-state index contributed by atoms with van der Waals surface area (Å²) in [5.41, 5.74) is 0. The van der Waals surface area contributed by atoms with Crippen LogP contribution in [0.2, 0.25) is 0 Å². The second-order valence-electron chi connectivity index (χ2n) is 3.26. The summed E-state index contributed by atoms with van der Waals surface area (Å²) in [5.74, 6) is -0.888. The molecule has 0 spiro atoms. The van der Waals surface area contributed by atoms with Gasteiger partial charge in [0.15, 0.2) is 0 Å². The molecule has 0 aromatic rings. The van der Waals surface area contributed by atoms with Crippen molar-refractivity contribution in [1.29, 1.82) is 0 Å². The largest absolute Gasteiger partial charge is 0.481 e. The number of hydrogen-bond acceptors (Lipinski definition) is 2.